The maximum absolute atomic E-state index is 13.2. The van der Waals surface area contributed by atoms with Crippen molar-refractivity contribution in [2.75, 3.05) is 32.4 Å². The van der Waals surface area contributed by atoms with Gasteiger partial charge in [0.1, 0.15) is 24.2 Å². The minimum Gasteiger partial charge on any atom is -0.481 e. The second-order valence-electron chi connectivity index (χ2n) is 10.8. The van der Waals surface area contributed by atoms with Gasteiger partial charge in [-0.1, -0.05) is 21.6 Å². The summed E-state index contributed by atoms with van der Waals surface area (Å²) in [5.74, 6) is -7.30. The Kier molecular flexibility index (Phi) is 16.1. The zero-order valence-corrected chi connectivity index (χ0v) is 27.5. The van der Waals surface area contributed by atoms with Gasteiger partial charge in [0.15, 0.2) is 5.96 Å². The van der Waals surface area contributed by atoms with E-state index in [1.807, 2.05) is 0 Å². The quantitative estimate of drug-likeness (QED) is 0.0505. The molecule has 0 saturated carbocycles. The second-order valence-corrected chi connectivity index (χ2v) is 13.8. The number of hydrogen-bond donors (Lipinski definition) is 9. The van der Waals surface area contributed by atoms with E-state index in [9.17, 15) is 43.5 Å². The van der Waals surface area contributed by atoms with E-state index in [1.54, 1.807) is 13.8 Å². The van der Waals surface area contributed by atoms with E-state index >= 15 is 0 Å². The summed E-state index contributed by atoms with van der Waals surface area (Å²) >= 11 is 0. The number of hydrogen-bond acceptors (Lipinski definition) is 11. The monoisotopic (exact) mass is 690 g/mol. The Morgan fingerprint density at radius 2 is 1.65 bits per heavy atom. The number of nitrogens with zero attached hydrogens (tertiary/aromatic N) is 2. The van der Waals surface area contributed by atoms with Crippen LogP contribution in [0.2, 0.25) is 0 Å². The number of nitrogens with two attached hydrogens (primary N) is 3. The lowest BCUT2D eigenvalue weighted by atomic mass is 10.0. The van der Waals surface area contributed by atoms with Crippen molar-refractivity contribution in [2.45, 2.75) is 68.9 Å². The molecule has 19 nitrogen and oxygen atoms in total. The predicted octanol–water partition coefficient (Wildman–Crippen LogP) is -4.29. The average Bonchev–Trinajstić information content (AvgIpc) is 2.93. The fourth-order valence-electron chi connectivity index (χ4n) is 4.04. The Labute approximate surface area is 273 Å². The van der Waals surface area contributed by atoms with Gasteiger partial charge >= 0.3 is 5.97 Å². The van der Waals surface area contributed by atoms with Crippen LogP contribution in [0.5, 0.6) is 0 Å². The first-order valence-corrected chi connectivity index (χ1v) is 16.2. The predicted molar refractivity (Wildman–Crippen MR) is 170 cm³/mol. The van der Waals surface area contributed by atoms with Crippen LogP contribution in [0.15, 0.2) is 4.99 Å². The molecule has 1 fully saturated rings. The third-order valence-electron chi connectivity index (χ3n) is 6.26. The molecule has 0 aromatic heterocycles. The molecule has 0 unspecified atom stereocenters. The lowest BCUT2D eigenvalue weighted by Crippen LogP contribution is -2.60. The molecule has 21 heteroatoms. The van der Waals surface area contributed by atoms with Crippen LogP contribution in [-0.2, 0) is 38.4 Å². The molecule has 1 saturated heterocycles. The van der Waals surface area contributed by atoms with E-state index in [0.717, 1.165) is 26.5 Å². The van der Waals surface area contributed by atoms with E-state index in [-0.39, 0.29) is 31.1 Å². The number of carboxylic acid groups (broad SMARTS) is 1. The standard InChI is InChI=1S/C25H42N10O9S2/c1-12(36)31-15-11-45-46-25(2,3)19(20(26)41)34-22(43)14(8-18(39)40)33-16(37)9-30-21(42)13(6-5-7-29-24(27)28)32-17(38)10-35(4)23(15)44/h13-15,19H,5-11H2,1-4H3,(H2,26,41)(H,30,42)(H,31,36)(H,32,38)(H,33,37)(H,34,43)(H,39,40)(H4,27,28,29)/t13-,14-,15-,19+/m0/s1. The minimum atomic E-state index is -1.66. The molecule has 1 rings (SSSR count). The van der Waals surface area contributed by atoms with E-state index in [0.29, 0.717) is 0 Å². The molecule has 0 aliphatic carbocycles. The van der Waals surface area contributed by atoms with E-state index in [2.05, 4.69) is 31.6 Å². The lowest BCUT2D eigenvalue weighted by molar-refractivity contribution is -0.141. The molecular formula is C25H42N10O9S2. The minimum absolute atomic E-state index is 0.0182. The van der Waals surface area contributed by atoms with Crippen molar-refractivity contribution in [2.24, 2.45) is 22.2 Å². The zero-order chi connectivity index (χ0) is 35.2. The van der Waals surface area contributed by atoms with Crippen LogP contribution in [0.3, 0.4) is 0 Å². The molecule has 1 heterocycles. The van der Waals surface area contributed by atoms with E-state index < -0.39 is 95.7 Å². The summed E-state index contributed by atoms with van der Waals surface area (Å²) in [6, 6.07) is -5.35. The fourth-order valence-corrected chi connectivity index (χ4v) is 6.86. The van der Waals surface area contributed by atoms with Crippen LogP contribution < -0.4 is 43.8 Å². The Hall–Kier alpha value is -4.27. The molecule has 0 bridgehead atoms. The van der Waals surface area contributed by atoms with Crippen molar-refractivity contribution in [3.8, 4) is 0 Å². The van der Waals surface area contributed by atoms with Crippen LogP contribution in [0.4, 0.5) is 0 Å². The van der Waals surface area contributed by atoms with Crippen LogP contribution in [0.1, 0.15) is 40.0 Å². The number of primary amides is 1. The Bertz CT molecular complexity index is 1210. The lowest BCUT2D eigenvalue weighted by Gasteiger charge is -2.33. The van der Waals surface area contributed by atoms with Gasteiger partial charge in [0.05, 0.1) is 19.5 Å². The first-order valence-electron chi connectivity index (χ1n) is 13.9. The summed E-state index contributed by atoms with van der Waals surface area (Å²) < 4.78 is -1.15. The molecule has 1 aliphatic rings. The van der Waals surface area contributed by atoms with Gasteiger partial charge in [-0.3, -0.25) is 43.3 Å². The summed E-state index contributed by atoms with van der Waals surface area (Å²) in [5.41, 5.74) is 16.2. The van der Waals surface area contributed by atoms with E-state index in [1.165, 1.54) is 14.0 Å². The average molecular weight is 691 g/mol. The van der Waals surface area contributed by atoms with Crippen molar-refractivity contribution < 1.29 is 43.5 Å². The van der Waals surface area contributed by atoms with Gasteiger partial charge in [-0.15, -0.1) is 0 Å². The number of carboxylic acids is 1. The summed E-state index contributed by atoms with van der Waals surface area (Å²) in [7, 11) is 3.44. The molecule has 0 aromatic carbocycles. The number of carbonyl (C=O) groups is 8. The Morgan fingerprint density at radius 1 is 1.02 bits per heavy atom. The third-order valence-corrected chi connectivity index (χ3v) is 9.56. The van der Waals surface area contributed by atoms with Gasteiger partial charge in [-0.25, -0.2) is 0 Å². The SMILES string of the molecule is CC(=O)N[C@H]1CSSC(C)(C)[C@@H](C(N)=O)NC(=O)[C@H](CC(=O)O)NC(=O)CNC(=O)[C@H](CCCN=C(N)N)NC(=O)CN(C)C1=O. The van der Waals surface area contributed by atoms with Crippen molar-refractivity contribution in [3.63, 3.8) is 0 Å². The molecule has 46 heavy (non-hydrogen) atoms. The van der Waals surface area contributed by atoms with Crippen LogP contribution in [0.25, 0.3) is 0 Å². The first-order chi connectivity index (χ1) is 21.3. The number of aliphatic carboxylic acids is 1. The molecule has 258 valence electrons. The van der Waals surface area contributed by atoms with E-state index in [4.69, 9.17) is 17.2 Å². The summed E-state index contributed by atoms with van der Waals surface area (Å²) in [5, 5.41) is 21.3. The smallest absolute Gasteiger partial charge is 0.305 e. The van der Waals surface area contributed by atoms with Crippen LogP contribution in [-0.4, -0.2) is 125 Å². The summed E-state index contributed by atoms with van der Waals surface area (Å²) in [4.78, 5) is 106. The molecule has 1 aliphatic heterocycles. The van der Waals surface area contributed by atoms with Crippen LogP contribution in [0, 0.1) is 0 Å². The summed E-state index contributed by atoms with van der Waals surface area (Å²) in [6.45, 7) is 3.23. The highest BCUT2D eigenvalue weighted by Gasteiger charge is 2.39. The molecule has 0 radical (unpaired) electrons. The molecular weight excluding hydrogens is 648 g/mol. The topological polar surface area (TPSA) is 311 Å². The largest absolute Gasteiger partial charge is 0.481 e. The Morgan fingerprint density at radius 3 is 2.22 bits per heavy atom. The highest BCUT2D eigenvalue weighted by Crippen LogP contribution is 2.38. The molecule has 4 atom stereocenters. The number of guanidine groups is 1. The van der Waals surface area contributed by atoms with Gasteiger partial charge < -0.3 is 53.8 Å². The fraction of sp³-hybridized carbons (Fsp3) is 0.640. The highest BCUT2D eigenvalue weighted by molar-refractivity contribution is 8.77. The highest BCUT2D eigenvalue weighted by atomic mass is 33.1. The van der Waals surface area contributed by atoms with Gasteiger partial charge in [0.25, 0.3) is 0 Å². The van der Waals surface area contributed by atoms with Gasteiger partial charge in [-0.05, 0) is 26.7 Å². The van der Waals surface area contributed by atoms with Crippen molar-refractivity contribution >= 4 is 74.9 Å². The number of likely N-dealkylation sites (N-methyl/N-ethyl adjacent to an activating group) is 1. The number of rotatable bonds is 8. The maximum atomic E-state index is 13.2. The van der Waals surface area contributed by atoms with Crippen molar-refractivity contribution in [3.05, 3.63) is 0 Å². The van der Waals surface area contributed by atoms with Gasteiger partial charge in [0.2, 0.25) is 41.4 Å². The number of nitrogens with one attached hydrogen (secondary N) is 5. The first kappa shape index (κ1) is 39.8. The Balaban J connectivity index is 3.42. The van der Waals surface area contributed by atoms with Crippen molar-refractivity contribution in [1.29, 1.82) is 0 Å². The third kappa shape index (κ3) is 14.2. The van der Waals surface area contributed by atoms with Crippen molar-refractivity contribution in [1.82, 2.24) is 31.5 Å². The normalized spacial score (nSPS) is 23.9. The number of amides is 7. The molecule has 0 spiro atoms. The summed E-state index contributed by atoms with van der Waals surface area (Å²) in [6.07, 6.45) is -0.615. The molecule has 7 amide bonds. The maximum Gasteiger partial charge on any atom is 0.305 e. The molecule has 12 N–H and O–H groups in total. The zero-order valence-electron chi connectivity index (χ0n) is 25.9. The van der Waals surface area contributed by atoms with Gasteiger partial charge in [-0.2, -0.15) is 0 Å². The number of aliphatic imine (C=N–C) groups is 1. The molecule has 0 aromatic rings. The van der Waals surface area contributed by atoms with Crippen LogP contribution >= 0.6 is 21.6 Å². The second kappa shape index (κ2) is 18.6. The van der Waals surface area contributed by atoms with Gasteiger partial charge in [0, 0.05) is 31.0 Å². The number of carbonyl (C=O) groups excluding carboxylic acids is 7.